The first-order valence-electron chi connectivity index (χ1n) is 7.73. The van der Waals surface area contributed by atoms with Crippen LogP contribution in [0.15, 0.2) is 72.8 Å². The maximum atomic E-state index is 12.3. The summed E-state index contributed by atoms with van der Waals surface area (Å²) in [6, 6.07) is 20.0. The minimum Gasteiger partial charge on any atom is -0.457 e. The molecule has 0 radical (unpaired) electrons. The summed E-state index contributed by atoms with van der Waals surface area (Å²) >= 11 is 17.9. The third-order valence-corrected chi connectivity index (χ3v) is 4.88. The molecule has 3 aromatic carbocycles. The first-order valence-corrected chi connectivity index (χ1v) is 8.87. The highest BCUT2D eigenvalue weighted by atomic mass is 35.5. The minimum absolute atomic E-state index is 0.153. The smallest absolute Gasteiger partial charge is 0.187 e. The van der Waals surface area contributed by atoms with Crippen molar-refractivity contribution in [1.29, 1.82) is 0 Å². The number of para-hydroxylation sites is 1. The lowest BCUT2D eigenvalue weighted by atomic mass is 10.1. The van der Waals surface area contributed by atoms with Crippen molar-refractivity contribution in [1.82, 2.24) is 0 Å². The van der Waals surface area contributed by atoms with E-state index in [2.05, 4.69) is 0 Å². The summed E-state index contributed by atoms with van der Waals surface area (Å²) in [5.41, 5.74) is 1.16. The van der Waals surface area contributed by atoms with Gasteiger partial charge < -0.3 is 4.74 Å². The number of ketones is 1. The van der Waals surface area contributed by atoms with Crippen molar-refractivity contribution >= 4 is 46.7 Å². The summed E-state index contributed by atoms with van der Waals surface area (Å²) < 4.78 is 5.73. The molecule has 0 saturated heterocycles. The Hall–Kier alpha value is -2.26. The number of carbonyl (C=O) groups excluding carboxylic acids is 1. The number of halogens is 3. The minimum atomic E-state index is -0.252. The molecule has 0 bridgehead atoms. The van der Waals surface area contributed by atoms with E-state index in [-0.39, 0.29) is 15.8 Å². The molecule has 2 nitrogen and oxygen atoms in total. The molecule has 0 N–H and O–H groups in total. The molecule has 0 spiro atoms. The monoisotopic (exact) mass is 402 g/mol. The zero-order valence-corrected chi connectivity index (χ0v) is 15.7. The van der Waals surface area contributed by atoms with Crippen molar-refractivity contribution in [2.45, 2.75) is 0 Å². The van der Waals surface area contributed by atoms with Gasteiger partial charge in [-0.15, -0.1) is 0 Å². The Kier molecular flexibility index (Phi) is 6.00. The molecular weight excluding hydrogens is 391 g/mol. The number of benzene rings is 3. The average Bonchev–Trinajstić information content (AvgIpc) is 2.66. The number of hydrogen-bond donors (Lipinski definition) is 0. The fraction of sp³-hybridized carbons (Fsp3) is 0. The third kappa shape index (κ3) is 4.47. The van der Waals surface area contributed by atoms with Crippen LogP contribution < -0.4 is 4.74 Å². The standard InChI is InChI=1S/C21H13Cl3O2/c22-18-12-11-17(20(23)21(18)24)19(25)13-8-14-6-9-16(10-7-14)26-15-4-2-1-3-5-15/h1-13H. The fourth-order valence-corrected chi connectivity index (χ4v) is 2.88. The summed E-state index contributed by atoms with van der Waals surface area (Å²) in [4.78, 5) is 12.3. The van der Waals surface area contributed by atoms with E-state index in [1.165, 1.54) is 6.08 Å². The van der Waals surface area contributed by atoms with Gasteiger partial charge in [-0.3, -0.25) is 4.79 Å². The Morgan fingerprint density at radius 3 is 2.12 bits per heavy atom. The van der Waals surface area contributed by atoms with Crippen molar-refractivity contribution in [3.05, 3.63) is 99.0 Å². The number of allylic oxidation sites excluding steroid dienone is 1. The van der Waals surface area contributed by atoms with E-state index in [9.17, 15) is 4.79 Å². The van der Waals surface area contributed by atoms with Crippen molar-refractivity contribution < 1.29 is 9.53 Å². The maximum absolute atomic E-state index is 12.3. The van der Waals surface area contributed by atoms with Crippen LogP contribution in [0.25, 0.3) is 6.08 Å². The van der Waals surface area contributed by atoms with Gasteiger partial charge in [0.25, 0.3) is 0 Å². The fourth-order valence-electron chi connectivity index (χ4n) is 2.25. The van der Waals surface area contributed by atoms with Gasteiger partial charge in [-0.1, -0.05) is 71.2 Å². The Balaban J connectivity index is 1.71. The van der Waals surface area contributed by atoms with Gasteiger partial charge in [0.05, 0.1) is 15.1 Å². The summed E-state index contributed by atoms with van der Waals surface area (Å²) in [6.07, 6.45) is 3.14. The van der Waals surface area contributed by atoms with Crippen LogP contribution in [0.4, 0.5) is 0 Å². The number of carbonyl (C=O) groups is 1. The van der Waals surface area contributed by atoms with Crippen LogP contribution in [0.5, 0.6) is 11.5 Å². The second-order valence-corrected chi connectivity index (χ2v) is 6.57. The number of rotatable bonds is 5. The highest BCUT2D eigenvalue weighted by molar-refractivity contribution is 6.49. The zero-order valence-electron chi connectivity index (χ0n) is 13.5. The Labute approximate surface area is 166 Å². The first-order chi connectivity index (χ1) is 12.5. The molecule has 26 heavy (non-hydrogen) atoms. The zero-order chi connectivity index (χ0) is 18.5. The molecule has 0 saturated carbocycles. The predicted octanol–water partition coefficient (Wildman–Crippen LogP) is 7.34. The van der Waals surface area contributed by atoms with Gasteiger partial charge in [-0.25, -0.2) is 0 Å². The predicted molar refractivity (Wildman–Crippen MR) is 108 cm³/mol. The molecule has 0 amide bonds. The van der Waals surface area contributed by atoms with Gasteiger partial charge in [0.2, 0.25) is 0 Å². The number of ether oxygens (including phenoxy) is 1. The van der Waals surface area contributed by atoms with Crippen LogP contribution in [-0.4, -0.2) is 5.78 Å². The lowest BCUT2D eigenvalue weighted by molar-refractivity contribution is 0.104. The van der Waals surface area contributed by atoms with E-state index in [1.54, 1.807) is 18.2 Å². The van der Waals surface area contributed by atoms with E-state index in [1.807, 2.05) is 54.6 Å². The number of hydrogen-bond acceptors (Lipinski definition) is 2. The van der Waals surface area contributed by atoms with Gasteiger partial charge in [-0.2, -0.15) is 0 Å². The maximum Gasteiger partial charge on any atom is 0.187 e. The summed E-state index contributed by atoms with van der Waals surface area (Å²) in [5, 5.41) is 0.640. The first kappa shape index (κ1) is 18.5. The molecule has 0 aliphatic heterocycles. The summed E-state index contributed by atoms with van der Waals surface area (Å²) in [5.74, 6) is 1.23. The highest BCUT2D eigenvalue weighted by Gasteiger charge is 2.13. The third-order valence-electron chi connectivity index (χ3n) is 3.59. The van der Waals surface area contributed by atoms with Crippen LogP contribution in [-0.2, 0) is 0 Å². The van der Waals surface area contributed by atoms with Crippen molar-refractivity contribution in [3.8, 4) is 11.5 Å². The quantitative estimate of drug-likeness (QED) is 0.253. The topological polar surface area (TPSA) is 26.3 Å². The normalized spacial score (nSPS) is 10.9. The average molecular weight is 404 g/mol. The lowest BCUT2D eigenvalue weighted by Gasteiger charge is -2.05. The molecule has 0 fully saturated rings. The molecular formula is C21H13Cl3O2. The molecule has 0 aromatic heterocycles. The second-order valence-electron chi connectivity index (χ2n) is 5.40. The van der Waals surface area contributed by atoms with Gasteiger partial charge in [0.1, 0.15) is 11.5 Å². The van der Waals surface area contributed by atoms with Crippen LogP contribution in [0, 0.1) is 0 Å². The van der Waals surface area contributed by atoms with Crippen molar-refractivity contribution in [2.75, 3.05) is 0 Å². The van der Waals surface area contributed by atoms with Gasteiger partial charge >= 0.3 is 0 Å². The molecule has 3 rings (SSSR count). The molecule has 0 unspecified atom stereocenters. The van der Waals surface area contributed by atoms with Crippen LogP contribution in [0.3, 0.4) is 0 Å². The molecule has 0 heterocycles. The summed E-state index contributed by atoms with van der Waals surface area (Å²) in [6.45, 7) is 0. The van der Waals surface area contributed by atoms with Gasteiger partial charge in [0.15, 0.2) is 5.78 Å². The molecule has 130 valence electrons. The largest absolute Gasteiger partial charge is 0.457 e. The van der Waals surface area contributed by atoms with Crippen LogP contribution >= 0.6 is 34.8 Å². The lowest BCUT2D eigenvalue weighted by Crippen LogP contribution is -1.96. The SMILES string of the molecule is O=C(C=Cc1ccc(Oc2ccccc2)cc1)c1ccc(Cl)c(Cl)c1Cl. The Morgan fingerprint density at radius 1 is 0.769 bits per heavy atom. The van der Waals surface area contributed by atoms with Crippen molar-refractivity contribution in [2.24, 2.45) is 0 Å². The van der Waals surface area contributed by atoms with E-state index >= 15 is 0 Å². The van der Waals surface area contributed by atoms with Gasteiger partial charge in [0, 0.05) is 5.56 Å². The van der Waals surface area contributed by atoms with Crippen LogP contribution in [0.2, 0.25) is 15.1 Å². The highest BCUT2D eigenvalue weighted by Crippen LogP contribution is 2.33. The van der Waals surface area contributed by atoms with E-state index in [4.69, 9.17) is 39.5 Å². The van der Waals surface area contributed by atoms with E-state index in [0.717, 1.165) is 11.3 Å². The Bertz CT molecular complexity index is 949. The molecule has 0 aliphatic rings. The van der Waals surface area contributed by atoms with Crippen LogP contribution in [0.1, 0.15) is 15.9 Å². The molecule has 3 aromatic rings. The Morgan fingerprint density at radius 2 is 1.42 bits per heavy atom. The van der Waals surface area contributed by atoms with Crippen molar-refractivity contribution in [3.63, 3.8) is 0 Å². The molecule has 0 atom stereocenters. The summed E-state index contributed by atoms with van der Waals surface area (Å²) in [7, 11) is 0. The van der Waals surface area contributed by atoms with E-state index < -0.39 is 0 Å². The van der Waals surface area contributed by atoms with E-state index in [0.29, 0.717) is 16.3 Å². The second kappa shape index (κ2) is 8.41. The molecule has 5 heteroatoms. The van der Waals surface area contributed by atoms with Gasteiger partial charge in [-0.05, 0) is 48.0 Å². The molecule has 0 aliphatic carbocycles.